The van der Waals surface area contributed by atoms with E-state index in [0.29, 0.717) is 17.0 Å². The van der Waals surface area contributed by atoms with Crippen LogP contribution in [0.4, 0.5) is 0 Å². The molecule has 3 nitrogen and oxygen atoms in total. The second kappa shape index (κ2) is 5.06. The van der Waals surface area contributed by atoms with E-state index in [1.54, 1.807) is 11.8 Å². The highest BCUT2D eigenvalue weighted by Gasteiger charge is 2.31. The first-order valence-electron chi connectivity index (χ1n) is 6.22. The summed E-state index contributed by atoms with van der Waals surface area (Å²) < 4.78 is 6.91. The average Bonchev–Trinajstić information content (AvgIpc) is 3.23. The molecule has 1 aliphatic carbocycles. The van der Waals surface area contributed by atoms with Crippen molar-refractivity contribution in [1.29, 1.82) is 0 Å². The van der Waals surface area contributed by atoms with Crippen LogP contribution in [0.15, 0.2) is 24.3 Å². The molecule has 19 heavy (non-hydrogen) atoms. The van der Waals surface area contributed by atoms with Crippen molar-refractivity contribution in [1.82, 2.24) is 9.78 Å². The van der Waals surface area contributed by atoms with Gasteiger partial charge < -0.3 is 4.74 Å². The Labute approximate surface area is 122 Å². The van der Waals surface area contributed by atoms with Crippen molar-refractivity contribution in [2.24, 2.45) is 0 Å². The van der Waals surface area contributed by atoms with E-state index in [9.17, 15) is 0 Å². The molecule has 3 rings (SSSR count). The van der Waals surface area contributed by atoms with Gasteiger partial charge in [0.15, 0.2) is 0 Å². The number of benzene rings is 1. The Morgan fingerprint density at radius 2 is 2.00 bits per heavy atom. The zero-order chi connectivity index (χ0) is 13.4. The highest BCUT2D eigenvalue weighted by molar-refractivity contribution is 6.31. The van der Waals surface area contributed by atoms with E-state index in [1.807, 2.05) is 24.3 Å². The summed E-state index contributed by atoms with van der Waals surface area (Å²) in [6.45, 7) is 0. The number of hydrogen-bond donors (Lipinski definition) is 0. The van der Waals surface area contributed by atoms with Crippen molar-refractivity contribution in [3.63, 3.8) is 0 Å². The maximum atomic E-state index is 6.39. The summed E-state index contributed by atoms with van der Waals surface area (Å²) in [5, 5.41) is 5.24. The van der Waals surface area contributed by atoms with Crippen molar-refractivity contribution in [3.05, 3.63) is 40.7 Å². The Kier molecular flexibility index (Phi) is 3.42. The van der Waals surface area contributed by atoms with E-state index in [0.717, 1.165) is 22.7 Å². The second-order valence-corrected chi connectivity index (χ2v) is 5.30. The van der Waals surface area contributed by atoms with Gasteiger partial charge in [0.2, 0.25) is 0 Å². The molecule has 0 saturated heterocycles. The first-order valence-corrected chi connectivity index (χ1v) is 7.13. The fraction of sp³-hybridized carbons (Fsp3) is 0.357. The molecule has 0 bridgehead atoms. The largest absolute Gasteiger partial charge is 0.497 e. The van der Waals surface area contributed by atoms with Gasteiger partial charge in [0.05, 0.1) is 24.4 Å². The van der Waals surface area contributed by atoms with Crippen LogP contribution in [0.2, 0.25) is 5.15 Å². The molecular weight excluding hydrogens is 283 g/mol. The molecule has 2 aromatic rings. The molecule has 1 fully saturated rings. The van der Waals surface area contributed by atoms with Crippen LogP contribution in [0, 0.1) is 0 Å². The van der Waals surface area contributed by atoms with Gasteiger partial charge in [-0.3, -0.25) is 0 Å². The van der Waals surface area contributed by atoms with E-state index in [2.05, 4.69) is 5.10 Å². The molecule has 0 atom stereocenters. The number of hydrogen-bond acceptors (Lipinski definition) is 2. The summed E-state index contributed by atoms with van der Waals surface area (Å²) in [7, 11) is 1.65. The number of methoxy groups -OCH3 is 1. The van der Waals surface area contributed by atoms with Crippen LogP contribution < -0.4 is 4.74 Å². The highest BCUT2D eigenvalue weighted by Crippen LogP contribution is 2.43. The van der Waals surface area contributed by atoms with E-state index in [4.69, 9.17) is 27.9 Å². The standard InChI is InChI=1S/C14H14Cl2N2O/c1-19-11-6-4-10(5-7-11)18-14(16)12(8-15)13(17-18)9-2-3-9/h4-7,9H,2-3,8H2,1H3. The van der Waals surface area contributed by atoms with Crippen molar-refractivity contribution >= 4 is 23.2 Å². The number of nitrogens with zero attached hydrogens (tertiary/aromatic N) is 2. The molecular formula is C14H14Cl2N2O. The Bertz CT molecular complexity index is 588. The minimum absolute atomic E-state index is 0.404. The van der Waals surface area contributed by atoms with E-state index >= 15 is 0 Å². The van der Waals surface area contributed by atoms with Gasteiger partial charge in [0, 0.05) is 11.5 Å². The minimum Gasteiger partial charge on any atom is -0.497 e. The Morgan fingerprint density at radius 3 is 2.53 bits per heavy atom. The average molecular weight is 297 g/mol. The quantitative estimate of drug-likeness (QED) is 0.793. The normalized spacial score (nSPS) is 14.7. The predicted octanol–water partition coefficient (Wildman–Crippen LogP) is 4.15. The van der Waals surface area contributed by atoms with Crippen LogP contribution in [-0.2, 0) is 5.88 Å². The fourth-order valence-electron chi connectivity index (χ4n) is 2.15. The topological polar surface area (TPSA) is 27.1 Å². The lowest BCUT2D eigenvalue weighted by molar-refractivity contribution is 0.414. The van der Waals surface area contributed by atoms with Gasteiger partial charge in [-0.2, -0.15) is 5.10 Å². The van der Waals surface area contributed by atoms with Gasteiger partial charge >= 0.3 is 0 Å². The molecule has 1 aromatic heterocycles. The number of aromatic nitrogens is 2. The van der Waals surface area contributed by atoms with Crippen LogP contribution in [0.1, 0.15) is 30.0 Å². The lowest BCUT2D eigenvalue weighted by Crippen LogP contribution is -1.97. The van der Waals surface area contributed by atoms with Crippen LogP contribution in [0.25, 0.3) is 5.69 Å². The maximum absolute atomic E-state index is 6.39. The predicted molar refractivity (Wildman–Crippen MR) is 76.7 cm³/mol. The summed E-state index contributed by atoms with van der Waals surface area (Å²) in [6.07, 6.45) is 2.36. The maximum Gasteiger partial charge on any atom is 0.137 e. The van der Waals surface area contributed by atoms with Crippen molar-refractivity contribution in [2.75, 3.05) is 7.11 Å². The fourth-order valence-corrected chi connectivity index (χ4v) is 2.78. The molecule has 0 aliphatic heterocycles. The first-order chi connectivity index (χ1) is 9.24. The molecule has 1 aliphatic rings. The van der Waals surface area contributed by atoms with Gasteiger partial charge in [0.25, 0.3) is 0 Å². The monoisotopic (exact) mass is 296 g/mol. The van der Waals surface area contributed by atoms with Crippen molar-refractivity contribution < 1.29 is 4.74 Å². The Morgan fingerprint density at radius 1 is 1.32 bits per heavy atom. The van der Waals surface area contributed by atoms with Crippen molar-refractivity contribution in [3.8, 4) is 11.4 Å². The summed E-state index contributed by atoms with van der Waals surface area (Å²) in [6, 6.07) is 7.66. The van der Waals surface area contributed by atoms with E-state index in [-0.39, 0.29) is 0 Å². The van der Waals surface area contributed by atoms with Gasteiger partial charge in [-0.15, -0.1) is 11.6 Å². The molecule has 1 saturated carbocycles. The summed E-state index contributed by atoms with van der Waals surface area (Å²) in [5.41, 5.74) is 2.93. The molecule has 0 spiro atoms. The molecule has 0 unspecified atom stereocenters. The van der Waals surface area contributed by atoms with Crippen LogP contribution >= 0.6 is 23.2 Å². The lowest BCUT2D eigenvalue weighted by Gasteiger charge is -2.04. The molecule has 0 amide bonds. The van der Waals surface area contributed by atoms with Crippen LogP contribution in [0.5, 0.6) is 5.75 Å². The minimum atomic E-state index is 0.404. The van der Waals surface area contributed by atoms with Crippen molar-refractivity contribution in [2.45, 2.75) is 24.6 Å². The lowest BCUT2D eigenvalue weighted by atomic mass is 10.2. The number of ether oxygens (including phenoxy) is 1. The molecule has 0 radical (unpaired) electrons. The zero-order valence-electron chi connectivity index (χ0n) is 10.6. The number of rotatable bonds is 4. The molecule has 1 heterocycles. The molecule has 1 aromatic carbocycles. The molecule has 5 heteroatoms. The summed E-state index contributed by atoms with van der Waals surface area (Å²) >= 11 is 12.4. The van der Waals surface area contributed by atoms with Gasteiger partial charge in [-0.25, -0.2) is 4.68 Å². The second-order valence-electron chi connectivity index (χ2n) is 4.67. The first kappa shape index (κ1) is 12.8. The van der Waals surface area contributed by atoms with E-state index in [1.165, 1.54) is 12.8 Å². The third-order valence-electron chi connectivity index (χ3n) is 3.37. The Balaban J connectivity index is 2.03. The number of alkyl halides is 1. The van der Waals surface area contributed by atoms with Gasteiger partial charge in [-0.05, 0) is 37.1 Å². The molecule has 0 N–H and O–H groups in total. The van der Waals surface area contributed by atoms with Gasteiger partial charge in [-0.1, -0.05) is 11.6 Å². The molecule has 100 valence electrons. The van der Waals surface area contributed by atoms with E-state index < -0.39 is 0 Å². The van der Waals surface area contributed by atoms with Gasteiger partial charge in [0.1, 0.15) is 10.9 Å². The SMILES string of the molecule is COc1ccc(-n2nc(C3CC3)c(CCl)c2Cl)cc1. The van der Waals surface area contributed by atoms with Crippen LogP contribution in [0.3, 0.4) is 0 Å². The third-order valence-corrected chi connectivity index (χ3v) is 4.02. The van der Waals surface area contributed by atoms with Crippen LogP contribution in [-0.4, -0.2) is 16.9 Å². The summed E-state index contributed by atoms with van der Waals surface area (Å²) in [4.78, 5) is 0. The zero-order valence-corrected chi connectivity index (χ0v) is 12.1. The summed E-state index contributed by atoms with van der Waals surface area (Å²) in [5.74, 6) is 1.75. The number of halogens is 2. The Hall–Kier alpha value is -1.19. The smallest absolute Gasteiger partial charge is 0.137 e. The highest BCUT2D eigenvalue weighted by atomic mass is 35.5. The third kappa shape index (κ3) is 2.33.